The third-order valence-electron chi connectivity index (χ3n) is 2.87. The number of pyridine rings is 2. The third-order valence-corrected chi connectivity index (χ3v) is 5.13. The van der Waals surface area contributed by atoms with Gasteiger partial charge in [-0.1, -0.05) is 6.07 Å². The van der Waals surface area contributed by atoms with Crippen molar-refractivity contribution in [2.75, 3.05) is 12.8 Å². The van der Waals surface area contributed by atoms with Crippen molar-refractivity contribution in [3.63, 3.8) is 0 Å². The third kappa shape index (κ3) is 3.58. The molecule has 2 rings (SSSR count). The van der Waals surface area contributed by atoms with E-state index in [0.29, 0.717) is 10.2 Å². The van der Waals surface area contributed by atoms with Crippen LogP contribution in [0.1, 0.15) is 11.4 Å². The highest BCUT2D eigenvalue weighted by Gasteiger charge is 2.24. The summed E-state index contributed by atoms with van der Waals surface area (Å²) >= 11 is 3.20. The Morgan fingerprint density at radius 2 is 2.10 bits per heavy atom. The van der Waals surface area contributed by atoms with E-state index in [9.17, 15) is 8.42 Å². The molecule has 0 fully saturated rings. The molecule has 6 nitrogen and oxygen atoms in total. The van der Waals surface area contributed by atoms with E-state index in [-0.39, 0.29) is 17.3 Å². The predicted molar refractivity (Wildman–Crippen MR) is 84.0 cm³/mol. The number of rotatable bonds is 4. The zero-order valence-corrected chi connectivity index (χ0v) is 14.0. The topological polar surface area (TPSA) is 89.2 Å². The minimum atomic E-state index is -3.73. The van der Waals surface area contributed by atoms with Crippen molar-refractivity contribution in [3.8, 4) is 0 Å². The molecule has 0 amide bonds. The van der Waals surface area contributed by atoms with Crippen molar-refractivity contribution >= 4 is 31.8 Å². The quantitative estimate of drug-likeness (QED) is 0.888. The molecular formula is C13H15BrN4O2S. The van der Waals surface area contributed by atoms with E-state index in [1.165, 1.54) is 23.6 Å². The minimum Gasteiger partial charge on any atom is -0.383 e. The van der Waals surface area contributed by atoms with Crippen LogP contribution in [0.2, 0.25) is 0 Å². The predicted octanol–water partition coefficient (Wildman–Crippen LogP) is 1.95. The Morgan fingerprint density at radius 3 is 2.76 bits per heavy atom. The highest BCUT2D eigenvalue weighted by Crippen LogP contribution is 2.24. The van der Waals surface area contributed by atoms with E-state index < -0.39 is 10.0 Å². The number of nitrogens with zero attached hydrogens (tertiary/aromatic N) is 3. The normalized spacial score (nSPS) is 11.8. The van der Waals surface area contributed by atoms with Crippen molar-refractivity contribution < 1.29 is 8.42 Å². The van der Waals surface area contributed by atoms with E-state index in [0.717, 1.165) is 5.69 Å². The second kappa shape index (κ2) is 6.08. The van der Waals surface area contributed by atoms with Crippen molar-refractivity contribution in [2.45, 2.75) is 18.4 Å². The minimum absolute atomic E-state index is 0.0213. The molecule has 2 heterocycles. The first-order valence-corrected chi connectivity index (χ1v) is 8.34. The van der Waals surface area contributed by atoms with Crippen LogP contribution in [0.3, 0.4) is 0 Å². The van der Waals surface area contributed by atoms with Gasteiger partial charge in [0.1, 0.15) is 10.7 Å². The highest BCUT2D eigenvalue weighted by molar-refractivity contribution is 9.10. The zero-order chi connectivity index (χ0) is 15.6. The SMILES string of the molecule is Cc1cccc(CN(C)S(=O)(=O)c2cc(Br)cnc2N)n1. The standard InChI is InChI=1S/C13H15BrN4O2S/c1-9-4-3-5-11(17-9)8-18(2)21(19,20)12-6-10(14)7-16-13(12)15/h3-7H,8H2,1-2H3,(H2,15,16). The fourth-order valence-corrected chi connectivity index (χ4v) is 3.52. The van der Waals surface area contributed by atoms with Crippen LogP contribution in [0.5, 0.6) is 0 Å². The molecule has 0 saturated heterocycles. The second-order valence-corrected chi connectivity index (χ2v) is 7.50. The molecular weight excluding hydrogens is 356 g/mol. The molecule has 0 spiro atoms. The van der Waals surface area contributed by atoms with Crippen LogP contribution >= 0.6 is 15.9 Å². The number of sulfonamides is 1. The maximum atomic E-state index is 12.6. The lowest BCUT2D eigenvalue weighted by molar-refractivity contribution is 0.462. The maximum Gasteiger partial charge on any atom is 0.246 e. The largest absolute Gasteiger partial charge is 0.383 e. The van der Waals surface area contributed by atoms with Gasteiger partial charge >= 0.3 is 0 Å². The molecule has 2 N–H and O–H groups in total. The van der Waals surface area contributed by atoms with Crippen molar-refractivity contribution in [3.05, 3.63) is 46.3 Å². The molecule has 0 radical (unpaired) electrons. The second-order valence-electron chi connectivity index (χ2n) is 4.57. The van der Waals surface area contributed by atoms with Crippen molar-refractivity contribution in [1.82, 2.24) is 14.3 Å². The van der Waals surface area contributed by atoms with Gasteiger partial charge in [0.2, 0.25) is 10.0 Å². The average Bonchev–Trinajstić information content (AvgIpc) is 2.41. The fourth-order valence-electron chi connectivity index (χ4n) is 1.81. The Bertz CT molecular complexity index is 765. The van der Waals surface area contributed by atoms with Gasteiger partial charge in [-0.2, -0.15) is 4.31 Å². The number of aryl methyl sites for hydroxylation is 1. The van der Waals surface area contributed by atoms with Gasteiger partial charge in [-0.25, -0.2) is 13.4 Å². The summed E-state index contributed by atoms with van der Waals surface area (Å²) in [6.07, 6.45) is 1.45. The Kier molecular flexibility index (Phi) is 4.60. The molecule has 0 unspecified atom stereocenters. The van der Waals surface area contributed by atoms with E-state index >= 15 is 0 Å². The summed E-state index contributed by atoms with van der Waals surface area (Å²) in [4.78, 5) is 8.13. The van der Waals surface area contributed by atoms with Crippen LogP contribution in [-0.4, -0.2) is 29.7 Å². The van der Waals surface area contributed by atoms with Crippen LogP contribution in [0.4, 0.5) is 5.82 Å². The molecule has 0 aliphatic heterocycles. The number of hydrogen-bond acceptors (Lipinski definition) is 5. The molecule has 0 aliphatic carbocycles. The van der Waals surface area contributed by atoms with Gasteiger partial charge in [-0.3, -0.25) is 4.98 Å². The summed E-state index contributed by atoms with van der Waals surface area (Å²) in [6, 6.07) is 6.92. The molecule has 0 atom stereocenters. The van der Waals surface area contributed by atoms with Crippen LogP contribution in [0.25, 0.3) is 0 Å². The molecule has 2 aromatic rings. The zero-order valence-electron chi connectivity index (χ0n) is 11.6. The lowest BCUT2D eigenvalue weighted by Gasteiger charge is -2.18. The Balaban J connectivity index is 2.33. The first-order chi connectivity index (χ1) is 9.80. The van der Waals surface area contributed by atoms with Crippen molar-refractivity contribution in [2.24, 2.45) is 0 Å². The number of anilines is 1. The van der Waals surface area contributed by atoms with Gasteiger partial charge in [0.05, 0.1) is 12.2 Å². The van der Waals surface area contributed by atoms with E-state index in [1.807, 2.05) is 19.1 Å². The summed E-state index contributed by atoms with van der Waals surface area (Å²) in [5, 5.41) is 0. The number of halogens is 1. The molecule has 0 aliphatic rings. The smallest absolute Gasteiger partial charge is 0.246 e. The van der Waals surface area contributed by atoms with Crippen LogP contribution in [-0.2, 0) is 16.6 Å². The number of nitrogens with two attached hydrogens (primary N) is 1. The van der Waals surface area contributed by atoms with Gasteiger partial charge in [0.15, 0.2) is 0 Å². The number of hydrogen-bond donors (Lipinski definition) is 1. The Morgan fingerprint density at radius 1 is 1.38 bits per heavy atom. The number of nitrogen functional groups attached to an aromatic ring is 1. The molecule has 0 saturated carbocycles. The summed E-state index contributed by atoms with van der Waals surface area (Å²) < 4.78 is 26.9. The fraction of sp³-hybridized carbons (Fsp3) is 0.231. The molecule has 21 heavy (non-hydrogen) atoms. The number of aromatic nitrogens is 2. The summed E-state index contributed by atoms with van der Waals surface area (Å²) in [7, 11) is -2.24. The Labute approximate surface area is 132 Å². The van der Waals surface area contributed by atoms with Gasteiger partial charge in [-0.15, -0.1) is 0 Å². The van der Waals surface area contributed by atoms with Gasteiger partial charge in [0.25, 0.3) is 0 Å². The van der Waals surface area contributed by atoms with E-state index in [4.69, 9.17) is 5.73 Å². The molecule has 0 aromatic carbocycles. The summed E-state index contributed by atoms with van der Waals surface area (Å²) in [6.45, 7) is 2.02. The Hall–Kier alpha value is -1.51. The molecule has 0 bridgehead atoms. The van der Waals surface area contributed by atoms with Gasteiger partial charge in [-0.05, 0) is 41.1 Å². The monoisotopic (exact) mass is 370 g/mol. The molecule has 8 heteroatoms. The van der Waals surface area contributed by atoms with Gasteiger partial charge < -0.3 is 5.73 Å². The van der Waals surface area contributed by atoms with Crippen LogP contribution in [0.15, 0.2) is 39.8 Å². The highest BCUT2D eigenvalue weighted by atomic mass is 79.9. The summed E-state index contributed by atoms with van der Waals surface area (Å²) in [5.41, 5.74) is 7.18. The molecule has 2 aromatic heterocycles. The maximum absolute atomic E-state index is 12.6. The van der Waals surface area contributed by atoms with Crippen LogP contribution in [0, 0.1) is 6.92 Å². The van der Waals surface area contributed by atoms with Gasteiger partial charge in [0, 0.05) is 23.4 Å². The first-order valence-electron chi connectivity index (χ1n) is 6.10. The molecule has 112 valence electrons. The lowest BCUT2D eigenvalue weighted by atomic mass is 10.3. The lowest BCUT2D eigenvalue weighted by Crippen LogP contribution is -2.28. The van der Waals surface area contributed by atoms with Crippen molar-refractivity contribution in [1.29, 1.82) is 0 Å². The average molecular weight is 371 g/mol. The van der Waals surface area contributed by atoms with Crippen LogP contribution < -0.4 is 5.73 Å². The summed E-state index contributed by atoms with van der Waals surface area (Å²) in [5.74, 6) is -0.0257. The first kappa shape index (κ1) is 15.9. The van der Waals surface area contributed by atoms with E-state index in [1.54, 1.807) is 6.07 Å². The van der Waals surface area contributed by atoms with E-state index in [2.05, 4.69) is 25.9 Å².